The van der Waals surface area contributed by atoms with E-state index in [9.17, 15) is 23.0 Å². The van der Waals surface area contributed by atoms with Gasteiger partial charge >= 0.3 is 35.7 Å². The fourth-order valence-corrected chi connectivity index (χ4v) is 4.63. The number of amides is 1. The van der Waals surface area contributed by atoms with Crippen molar-refractivity contribution in [2.75, 3.05) is 34.0 Å². The van der Waals surface area contributed by atoms with E-state index in [1.807, 2.05) is 88.4 Å². The van der Waals surface area contributed by atoms with Crippen LogP contribution in [0.3, 0.4) is 0 Å². The van der Waals surface area contributed by atoms with Crippen LogP contribution in [-0.4, -0.2) is 92.3 Å². The smallest absolute Gasteiger partial charge is 0.746 e. The predicted octanol–water partition coefficient (Wildman–Crippen LogP) is 2.01. The molecule has 0 saturated carbocycles. The maximum atomic E-state index is 12.3. The third kappa shape index (κ3) is 20.4. The van der Waals surface area contributed by atoms with Crippen LogP contribution in [0.15, 0.2) is 60.7 Å². The van der Waals surface area contributed by atoms with E-state index in [4.69, 9.17) is 28.8 Å². The number of nitrogens with zero attached hydrogens (tertiary/aromatic N) is 2. The summed E-state index contributed by atoms with van der Waals surface area (Å²) in [6, 6.07) is 21.1. The maximum absolute atomic E-state index is 12.3. The Bertz CT molecular complexity index is 1270. The quantitative estimate of drug-likeness (QED) is 0.168. The Morgan fingerprint density at radius 3 is 1.67 bits per heavy atom. The second-order valence-electron chi connectivity index (χ2n) is 11.7. The van der Waals surface area contributed by atoms with Crippen LogP contribution >= 0.6 is 0 Å². The monoisotopic (exact) mass is 702 g/mol. The Hall–Kier alpha value is -2.09. The zero-order valence-electron chi connectivity index (χ0n) is 29.4. The normalized spacial score (nSPS) is 13.8. The minimum Gasteiger partial charge on any atom is -0.746 e. The van der Waals surface area contributed by atoms with Gasteiger partial charge < -0.3 is 33.3 Å². The molecule has 0 spiro atoms. The Kier molecular flexibility index (Phi) is 23.9. The van der Waals surface area contributed by atoms with Gasteiger partial charge in [-0.3, -0.25) is 4.90 Å². The molecular formula is C34H51N2NaO10S. The molecule has 14 heteroatoms. The molecule has 0 saturated heterocycles. The number of methoxy groups -OCH3 is 2. The van der Waals surface area contributed by atoms with E-state index in [1.54, 1.807) is 7.11 Å². The molecular weight excluding hydrogens is 651 g/mol. The fraction of sp³-hybridized carbons (Fsp3) is 0.588. The average molecular weight is 703 g/mol. The summed E-state index contributed by atoms with van der Waals surface area (Å²) in [7, 11) is -1.57. The van der Waals surface area contributed by atoms with Gasteiger partial charge in [-0.2, -0.15) is 5.26 Å². The van der Waals surface area contributed by atoms with Gasteiger partial charge in [-0.25, -0.2) is 13.2 Å². The van der Waals surface area contributed by atoms with Crippen molar-refractivity contribution in [2.24, 2.45) is 0 Å². The van der Waals surface area contributed by atoms with E-state index in [0.29, 0.717) is 39.2 Å². The van der Waals surface area contributed by atoms with E-state index in [-0.39, 0.29) is 61.2 Å². The summed E-state index contributed by atoms with van der Waals surface area (Å²) in [4.78, 5) is 13.8. The Morgan fingerprint density at radius 2 is 1.31 bits per heavy atom. The minimum absolute atomic E-state index is 0. The predicted molar refractivity (Wildman–Crippen MR) is 176 cm³/mol. The number of benzene rings is 2. The number of hydrogen-bond acceptors (Lipinski definition) is 11. The van der Waals surface area contributed by atoms with Crippen LogP contribution in [0.1, 0.15) is 64.5 Å². The van der Waals surface area contributed by atoms with Crippen LogP contribution in [0.4, 0.5) is 4.79 Å². The SMILES string of the molecule is CCN(C(=O)OC(C)(C)C)C(C#N)CC[C@@H](COCc1ccccc1)OC.CO[C@@H](CCC(O)S(=O)(=O)[O-])COCc1ccccc1.[Na+]. The van der Waals surface area contributed by atoms with Crippen molar-refractivity contribution in [1.29, 1.82) is 5.26 Å². The molecule has 2 aromatic rings. The van der Waals surface area contributed by atoms with E-state index in [1.165, 1.54) is 12.0 Å². The number of aliphatic hydroxyl groups excluding tert-OH is 1. The summed E-state index contributed by atoms with van der Waals surface area (Å²) in [5, 5.41) is 18.7. The fourth-order valence-electron chi connectivity index (χ4n) is 4.21. The van der Waals surface area contributed by atoms with Crippen LogP contribution in [0, 0.1) is 11.3 Å². The second kappa shape index (κ2) is 25.0. The van der Waals surface area contributed by atoms with Gasteiger partial charge in [0.2, 0.25) is 0 Å². The molecule has 0 heterocycles. The van der Waals surface area contributed by atoms with Crippen molar-refractivity contribution in [3.05, 3.63) is 71.8 Å². The molecule has 2 rings (SSSR count). The molecule has 0 aliphatic rings. The second-order valence-corrected chi connectivity index (χ2v) is 13.3. The number of hydrogen-bond donors (Lipinski definition) is 1. The van der Waals surface area contributed by atoms with Gasteiger partial charge in [0.25, 0.3) is 0 Å². The van der Waals surface area contributed by atoms with Gasteiger partial charge in [0.1, 0.15) is 27.2 Å². The number of nitriles is 1. The number of carbonyl (C=O) groups excluding carboxylic acids is 1. The molecule has 2 aromatic carbocycles. The van der Waals surface area contributed by atoms with Crippen molar-refractivity contribution in [3.63, 3.8) is 0 Å². The van der Waals surface area contributed by atoms with Crippen molar-refractivity contribution in [2.45, 2.75) is 95.9 Å². The summed E-state index contributed by atoms with van der Waals surface area (Å²) in [6.45, 7) is 9.31. The van der Waals surface area contributed by atoms with E-state index >= 15 is 0 Å². The van der Waals surface area contributed by atoms with Crippen LogP contribution in [-0.2, 0) is 47.0 Å². The molecule has 1 N–H and O–H groups in total. The third-order valence-electron chi connectivity index (χ3n) is 6.82. The molecule has 12 nitrogen and oxygen atoms in total. The van der Waals surface area contributed by atoms with E-state index in [0.717, 1.165) is 11.1 Å². The Morgan fingerprint density at radius 1 is 0.875 bits per heavy atom. The van der Waals surface area contributed by atoms with Gasteiger partial charge in [-0.05, 0) is 64.5 Å². The summed E-state index contributed by atoms with van der Waals surface area (Å²) < 4.78 is 58.8. The third-order valence-corrected chi connectivity index (χ3v) is 7.72. The number of aliphatic hydroxyl groups is 1. The first-order chi connectivity index (χ1) is 22.2. The maximum Gasteiger partial charge on any atom is 1.00 e. The van der Waals surface area contributed by atoms with E-state index < -0.39 is 33.3 Å². The van der Waals surface area contributed by atoms with Crippen molar-refractivity contribution in [3.8, 4) is 6.07 Å². The Labute approximate surface area is 308 Å². The first-order valence-electron chi connectivity index (χ1n) is 15.5. The van der Waals surface area contributed by atoms with Crippen molar-refractivity contribution < 1.29 is 76.1 Å². The molecule has 0 aromatic heterocycles. The molecule has 2 unspecified atom stereocenters. The zero-order valence-corrected chi connectivity index (χ0v) is 32.2. The largest absolute Gasteiger partial charge is 1.00 e. The first-order valence-corrected chi connectivity index (χ1v) is 17.0. The van der Waals surface area contributed by atoms with Gasteiger partial charge in [0.05, 0.1) is 44.7 Å². The summed E-state index contributed by atoms with van der Waals surface area (Å²) in [6.07, 6.45) is 0.204. The molecule has 4 atom stereocenters. The van der Waals surface area contributed by atoms with Crippen molar-refractivity contribution in [1.82, 2.24) is 4.90 Å². The first kappa shape index (κ1) is 45.9. The van der Waals surface area contributed by atoms with Crippen LogP contribution in [0.2, 0.25) is 0 Å². The molecule has 0 radical (unpaired) electrons. The van der Waals surface area contributed by atoms with Crippen molar-refractivity contribution >= 4 is 16.2 Å². The van der Waals surface area contributed by atoms with Gasteiger partial charge in [-0.1, -0.05) is 60.7 Å². The summed E-state index contributed by atoms with van der Waals surface area (Å²) in [5.74, 6) is 0. The van der Waals surface area contributed by atoms with Gasteiger partial charge in [0.15, 0.2) is 0 Å². The van der Waals surface area contributed by atoms with Crippen LogP contribution in [0.25, 0.3) is 0 Å². The minimum atomic E-state index is -4.66. The Balaban J connectivity index is 0.000000940. The van der Waals surface area contributed by atoms with Gasteiger partial charge in [0, 0.05) is 20.8 Å². The van der Waals surface area contributed by atoms with Crippen LogP contribution < -0.4 is 29.6 Å². The average Bonchev–Trinajstić information content (AvgIpc) is 3.03. The number of ether oxygens (including phenoxy) is 5. The molecule has 0 bridgehead atoms. The molecule has 0 aliphatic heterocycles. The number of carbonyl (C=O) groups is 1. The molecule has 0 aliphatic carbocycles. The molecule has 48 heavy (non-hydrogen) atoms. The molecule has 1 amide bonds. The molecule has 0 fully saturated rings. The van der Waals surface area contributed by atoms with Gasteiger partial charge in [-0.15, -0.1) is 0 Å². The summed E-state index contributed by atoms with van der Waals surface area (Å²) >= 11 is 0. The summed E-state index contributed by atoms with van der Waals surface area (Å²) in [5.41, 5.74) is -0.367. The standard InChI is InChI=1S/C21H32N2O4.C13H20O6S.Na/c1-6-23(20(24)27-21(2,3)4)18(14-22)12-13-19(25-5)16-26-15-17-10-8-7-9-11-17;1-18-12(7-8-13(14)20(15,16)17)10-19-9-11-5-3-2-4-6-11;/h7-11,18-19H,6,12-13,15-16H2,1-5H3;2-6,12-14H,7-10H2,1H3,(H,15,16,17);/q;;+1/p-1/t18?,19-;12-,13?;/m00./s1. The molecule has 264 valence electrons. The zero-order chi connectivity index (χ0) is 35.3. The van der Waals surface area contributed by atoms with E-state index in [2.05, 4.69) is 6.07 Å². The number of rotatable bonds is 19. The van der Waals surface area contributed by atoms with Crippen LogP contribution in [0.5, 0.6) is 0 Å². The topological polar surface area (TPSA) is 168 Å².